The number of nitrogens with zero attached hydrogens (tertiary/aromatic N) is 1. The standard InChI is InChI=1S/C30H32BrClN4O5/c1-5-40-26-14-21(13-23(31)28(26)41-17-27(37)35-25-8-6-7-24(32)19(25)4)16-34-36-30(39)29(38)33-15-20-9-11-22(12-10-20)18(2)3/h6-14,16,18H,5,15,17H2,1-4H3,(H,33,38)(H,35,37)(H,36,39)/b34-16-. The van der Waals surface area contributed by atoms with Gasteiger partial charge in [-0.15, -0.1) is 0 Å². The lowest BCUT2D eigenvalue weighted by atomic mass is 10.0. The van der Waals surface area contributed by atoms with Crippen molar-refractivity contribution in [3.63, 3.8) is 0 Å². The minimum absolute atomic E-state index is 0.219. The van der Waals surface area contributed by atoms with Gasteiger partial charge in [0.25, 0.3) is 5.91 Å². The highest BCUT2D eigenvalue weighted by Crippen LogP contribution is 2.36. The highest BCUT2D eigenvalue weighted by atomic mass is 79.9. The second-order valence-electron chi connectivity index (χ2n) is 9.29. The molecule has 11 heteroatoms. The van der Waals surface area contributed by atoms with Crippen LogP contribution >= 0.6 is 27.5 Å². The first-order valence-corrected chi connectivity index (χ1v) is 14.1. The zero-order valence-corrected chi connectivity index (χ0v) is 25.6. The third kappa shape index (κ3) is 9.33. The number of carbonyl (C=O) groups is 3. The first-order chi connectivity index (χ1) is 19.6. The fourth-order valence-electron chi connectivity index (χ4n) is 3.63. The van der Waals surface area contributed by atoms with E-state index in [0.29, 0.717) is 44.8 Å². The zero-order valence-electron chi connectivity index (χ0n) is 23.2. The van der Waals surface area contributed by atoms with Crippen molar-refractivity contribution in [1.29, 1.82) is 0 Å². The Balaban J connectivity index is 1.57. The third-order valence-electron chi connectivity index (χ3n) is 5.91. The van der Waals surface area contributed by atoms with Gasteiger partial charge in [0.1, 0.15) is 0 Å². The van der Waals surface area contributed by atoms with Crippen LogP contribution in [-0.2, 0) is 20.9 Å². The third-order valence-corrected chi connectivity index (χ3v) is 6.90. The van der Waals surface area contributed by atoms with Crippen LogP contribution in [0.2, 0.25) is 5.02 Å². The van der Waals surface area contributed by atoms with Crippen LogP contribution < -0.4 is 25.5 Å². The molecule has 0 saturated heterocycles. The van der Waals surface area contributed by atoms with Crippen molar-refractivity contribution in [2.75, 3.05) is 18.5 Å². The maximum absolute atomic E-state index is 12.5. The number of hydrogen-bond acceptors (Lipinski definition) is 6. The number of anilines is 1. The van der Waals surface area contributed by atoms with E-state index in [1.807, 2.05) is 38.1 Å². The molecule has 3 aromatic rings. The Kier molecular flexibility index (Phi) is 11.7. The van der Waals surface area contributed by atoms with Crippen LogP contribution in [0.25, 0.3) is 0 Å². The highest BCUT2D eigenvalue weighted by Gasteiger charge is 2.16. The van der Waals surface area contributed by atoms with Gasteiger partial charge < -0.3 is 20.1 Å². The Hall–Kier alpha value is -3.89. The lowest BCUT2D eigenvalue weighted by Gasteiger charge is -2.15. The molecule has 0 radical (unpaired) electrons. The number of amides is 3. The van der Waals surface area contributed by atoms with Crippen molar-refractivity contribution in [3.05, 3.63) is 86.3 Å². The molecule has 3 aromatic carbocycles. The molecule has 41 heavy (non-hydrogen) atoms. The van der Waals surface area contributed by atoms with E-state index in [1.165, 1.54) is 11.8 Å². The van der Waals surface area contributed by atoms with Crippen LogP contribution in [0, 0.1) is 6.92 Å². The van der Waals surface area contributed by atoms with Crippen LogP contribution in [0.15, 0.2) is 64.2 Å². The molecule has 0 spiro atoms. The summed E-state index contributed by atoms with van der Waals surface area (Å²) < 4.78 is 11.9. The number of benzene rings is 3. The van der Waals surface area contributed by atoms with E-state index in [4.69, 9.17) is 21.1 Å². The van der Waals surface area contributed by atoms with Gasteiger partial charge in [-0.05, 0) is 82.2 Å². The molecule has 9 nitrogen and oxygen atoms in total. The molecule has 0 atom stereocenters. The van der Waals surface area contributed by atoms with Crippen molar-refractivity contribution in [2.45, 2.75) is 40.2 Å². The Morgan fingerprint density at radius 1 is 1.05 bits per heavy atom. The maximum atomic E-state index is 12.5. The Morgan fingerprint density at radius 2 is 1.78 bits per heavy atom. The van der Waals surface area contributed by atoms with E-state index < -0.39 is 11.8 Å². The van der Waals surface area contributed by atoms with E-state index in [0.717, 1.165) is 11.1 Å². The summed E-state index contributed by atoms with van der Waals surface area (Å²) in [4.78, 5) is 36.8. The number of carbonyl (C=O) groups excluding carboxylic acids is 3. The van der Waals surface area contributed by atoms with E-state index in [-0.39, 0.29) is 19.1 Å². The second kappa shape index (κ2) is 15.2. The smallest absolute Gasteiger partial charge is 0.329 e. The Bertz CT molecular complexity index is 1430. The van der Waals surface area contributed by atoms with Crippen LogP contribution in [0.1, 0.15) is 48.9 Å². The average Bonchev–Trinajstić information content (AvgIpc) is 2.94. The number of hydrazone groups is 1. The van der Waals surface area contributed by atoms with E-state index in [2.05, 4.69) is 50.9 Å². The van der Waals surface area contributed by atoms with Crippen molar-refractivity contribution in [1.82, 2.24) is 10.7 Å². The van der Waals surface area contributed by atoms with Gasteiger partial charge in [0.2, 0.25) is 0 Å². The molecule has 3 rings (SSSR count). The predicted octanol–water partition coefficient (Wildman–Crippen LogP) is 5.72. The van der Waals surface area contributed by atoms with Crippen LogP contribution in [0.5, 0.6) is 11.5 Å². The molecule has 0 bridgehead atoms. The molecular weight excluding hydrogens is 612 g/mol. The fourth-order valence-corrected chi connectivity index (χ4v) is 4.38. The van der Waals surface area contributed by atoms with Gasteiger partial charge in [-0.2, -0.15) is 5.10 Å². The summed E-state index contributed by atoms with van der Waals surface area (Å²) in [6.45, 7) is 8.11. The first kappa shape index (κ1) is 31.6. The molecule has 0 heterocycles. The summed E-state index contributed by atoms with van der Waals surface area (Å²) in [5.74, 6) is -0.975. The van der Waals surface area contributed by atoms with E-state index >= 15 is 0 Å². The summed E-state index contributed by atoms with van der Waals surface area (Å²) in [5.41, 5.74) is 6.19. The molecule has 0 saturated carbocycles. The number of hydrogen-bond donors (Lipinski definition) is 3. The summed E-state index contributed by atoms with van der Waals surface area (Å²) >= 11 is 9.56. The highest BCUT2D eigenvalue weighted by molar-refractivity contribution is 9.10. The number of rotatable bonds is 11. The first-order valence-electron chi connectivity index (χ1n) is 12.9. The predicted molar refractivity (Wildman–Crippen MR) is 164 cm³/mol. The summed E-state index contributed by atoms with van der Waals surface area (Å²) in [5, 5.41) is 9.78. The molecule has 0 fully saturated rings. The minimum Gasteiger partial charge on any atom is -0.490 e. The van der Waals surface area contributed by atoms with Gasteiger partial charge in [0.15, 0.2) is 18.1 Å². The fraction of sp³-hybridized carbons (Fsp3) is 0.267. The summed E-state index contributed by atoms with van der Waals surface area (Å²) in [7, 11) is 0. The van der Waals surface area contributed by atoms with Gasteiger partial charge >= 0.3 is 11.8 Å². The monoisotopic (exact) mass is 642 g/mol. The lowest BCUT2D eigenvalue weighted by molar-refractivity contribution is -0.139. The lowest BCUT2D eigenvalue weighted by Crippen LogP contribution is -2.37. The van der Waals surface area contributed by atoms with Gasteiger partial charge in [-0.25, -0.2) is 5.43 Å². The van der Waals surface area contributed by atoms with E-state index in [9.17, 15) is 14.4 Å². The maximum Gasteiger partial charge on any atom is 0.329 e. The van der Waals surface area contributed by atoms with Crippen molar-refractivity contribution < 1.29 is 23.9 Å². The van der Waals surface area contributed by atoms with Crippen LogP contribution in [0.4, 0.5) is 5.69 Å². The molecule has 0 unspecified atom stereocenters. The second-order valence-corrected chi connectivity index (χ2v) is 10.6. The normalized spacial score (nSPS) is 10.9. The van der Waals surface area contributed by atoms with Crippen LogP contribution in [-0.4, -0.2) is 37.1 Å². The van der Waals surface area contributed by atoms with Crippen molar-refractivity contribution in [2.24, 2.45) is 5.10 Å². The molecule has 0 aliphatic carbocycles. The number of halogens is 2. The molecule has 0 aliphatic rings. The van der Waals surface area contributed by atoms with Crippen molar-refractivity contribution in [3.8, 4) is 11.5 Å². The molecule has 3 amide bonds. The average molecular weight is 644 g/mol. The molecule has 3 N–H and O–H groups in total. The Morgan fingerprint density at radius 3 is 2.46 bits per heavy atom. The Labute approximate surface area is 252 Å². The quantitative estimate of drug-likeness (QED) is 0.140. The number of ether oxygens (including phenoxy) is 2. The molecular formula is C30H32BrClN4O5. The molecule has 216 valence electrons. The van der Waals surface area contributed by atoms with E-state index in [1.54, 1.807) is 30.3 Å². The summed E-state index contributed by atoms with van der Waals surface area (Å²) in [6, 6.07) is 16.4. The van der Waals surface area contributed by atoms with Crippen molar-refractivity contribution >= 4 is 57.2 Å². The zero-order chi connectivity index (χ0) is 29.9. The van der Waals surface area contributed by atoms with Gasteiger partial charge in [-0.3, -0.25) is 14.4 Å². The van der Waals surface area contributed by atoms with Crippen LogP contribution in [0.3, 0.4) is 0 Å². The topological polar surface area (TPSA) is 118 Å². The van der Waals surface area contributed by atoms with Gasteiger partial charge in [-0.1, -0.05) is 55.8 Å². The summed E-state index contributed by atoms with van der Waals surface area (Å²) in [6.07, 6.45) is 1.36. The number of nitrogens with one attached hydrogen (secondary N) is 3. The van der Waals surface area contributed by atoms with Gasteiger partial charge in [0.05, 0.1) is 17.3 Å². The minimum atomic E-state index is -0.898. The molecule has 0 aliphatic heterocycles. The SMILES string of the molecule is CCOc1cc(/C=N\NC(=O)C(=O)NCc2ccc(C(C)C)cc2)cc(Br)c1OCC(=O)Nc1cccc(Cl)c1C. The largest absolute Gasteiger partial charge is 0.490 e. The van der Waals surface area contributed by atoms with Gasteiger partial charge in [0, 0.05) is 17.3 Å². The molecule has 0 aromatic heterocycles.